The number of hydrogen-bond acceptors (Lipinski definition) is 6. The first-order valence-electron chi connectivity index (χ1n) is 12.0. The Hall–Kier alpha value is -4.45. The fourth-order valence-corrected chi connectivity index (χ4v) is 4.17. The third-order valence-electron chi connectivity index (χ3n) is 6.18. The molecule has 39 heavy (non-hydrogen) atoms. The highest BCUT2D eigenvalue weighted by molar-refractivity contribution is 5.81. The molecular weight excluding hydrogens is 513 g/mol. The molecule has 2 amide bonds. The van der Waals surface area contributed by atoms with Crippen LogP contribution in [0.5, 0.6) is 11.6 Å². The van der Waals surface area contributed by atoms with Crippen LogP contribution in [0, 0.1) is 0 Å². The molecule has 0 saturated carbocycles. The van der Waals surface area contributed by atoms with Crippen LogP contribution in [-0.4, -0.2) is 51.9 Å². The van der Waals surface area contributed by atoms with Gasteiger partial charge in [0.15, 0.2) is 0 Å². The molecule has 0 bridgehead atoms. The van der Waals surface area contributed by atoms with Gasteiger partial charge >= 0.3 is 6.18 Å². The lowest BCUT2D eigenvalue weighted by Gasteiger charge is -2.27. The maximum absolute atomic E-state index is 12.1. The Balaban J connectivity index is 0.000000229. The monoisotopic (exact) mass is 540 g/mol. The number of fused-ring (bicyclic) bond motifs is 2. The molecular formula is C27H27F3N6O3. The Kier molecular flexibility index (Phi) is 8.45. The maximum atomic E-state index is 12.1. The van der Waals surface area contributed by atoms with Gasteiger partial charge in [-0.05, 0) is 48.9 Å². The minimum absolute atomic E-state index is 0.00939. The zero-order chi connectivity index (χ0) is 28.0. The fourth-order valence-electron chi connectivity index (χ4n) is 4.17. The van der Waals surface area contributed by atoms with E-state index < -0.39 is 11.7 Å². The number of aromatic nitrogens is 3. The number of halogens is 3. The van der Waals surface area contributed by atoms with Crippen LogP contribution in [-0.2, 0) is 35.8 Å². The lowest BCUT2D eigenvalue weighted by Crippen LogP contribution is -2.39. The predicted molar refractivity (Wildman–Crippen MR) is 139 cm³/mol. The zero-order valence-electron chi connectivity index (χ0n) is 21.3. The summed E-state index contributed by atoms with van der Waals surface area (Å²) < 4.78 is 44.4. The Morgan fingerprint density at radius 2 is 1.97 bits per heavy atom. The number of anilines is 1. The van der Waals surface area contributed by atoms with Crippen molar-refractivity contribution in [1.29, 1.82) is 0 Å². The molecule has 12 heteroatoms. The molecule has 0 spiro atoms. The number of aryl methyl sites for hydroxylation is 1. The number of amides is 2. The van der Waals surface area contributed by atoms with Gasteiger partial charge in [-0.1, -0.05) is 6.07 Å². The summed E-state index contributed by atoms with van der Waals surface area (Å²) in [5.41, 5.74) is 2.45. The highest BCUT2D eigenvalue weighted by Gasteiger charge is 2.30. The minimum Gasteiger partial charge on any atom is -0.439 e. The molecule has 5 rings (SSSR count). The number of nitrogens with zero attached hydrogens (tertiary/aromatic N) is 4. The van der Waals surface area contributed by atoms with E-state index in [0.717, 1.165) is 53.0 Å². The van der Waals surface area contributed by atoms with E-state index in [0.29, 0.717) is 25.4 Å². The topological polar surface area (TPSA) is 101 Å². The van der Waals surface area contributed by atoms with E-state index in [2.05, 4.69) is 36.1 Å². The third kappa shape index (κ3) is 6.90. The second kappa shape index (κ2) is 11.9. The second-order valence-electron chi connectivity index (χ2n) is 8.83. The summed E-state index contributed by atoms with van der Waals surface area (Å²) >= 11 is 0. The number of carbonyl (C=O) groups excluding carboxylic acids is 2. The summed E-state index contributed by atoms with van der Waals surface area (Å²) in [5, 5.41) is 5.93. The zero-order valence-corrected chi connectivity index (χ0v) is 21.3. The van der Waals surface area contributed by atoms with E-state index in [1.807, 2.05) is 31.4 Å². The molecule has 9 nitrogen and oxygen atoms in total. The van der Waals surface area contributed by atoms with Crippen molar-refractivity contribution in [2.24, 2.45) is 7.05 Å². The molecule has 2 N–H and O–H groups in total. The van der Waals surface area contributed by atoms with Crippen LogP contribution in [0.2, 0.25) is 0 Å². The van der Waals surface area contributed by atoms with Crippen molar-refractivity contribution >= 4 is 28.9 Å². The summed E-state index contributed by atoms with van der Waals surface area (Å²) in [6.45, 7) is 1.78. The van der Waals surface area contributed by atoms with E-state index in [-0.39, 0.29) is 11.6 Å². The minimum atomic E-state index is -4.37. The van der Waals surface area contributed by atoms with Crippen molar-refractivity contribution in [3.05, 3.63) is 77.9 Å². The highest BCUT2D eigenvalue weighted by Crippen LogP contribution is 2.31. The molecule has 1 aliphatic rings. The summed E-state index contributed by atoms with van der Waals surface area (Å²) in [6.07, 6.45) is 0.271. The van der Waals surface area contributed by atoms with Gasteiger partial charge in [-0.2, -0.15) is 13.2 Å². The summed E-state index contributed by atoms with van der Waals surface area (Å²) in [4.78, 5) is 32.3. The molecule has 0 unspecified atom stereocenters. The number of likely N-dealkylation sites (N-methyl/N-ethyl adjacent to an activating group) is 1. The number of carbonyl (C=O) groups is 2. The van der Waals surface area contributed by atoms with Gasteiger partial charge in [-0.15, -0.1) is 0 Å². The highest BCUT2D eigenvalue weighted by atomic mass is 19.4. The predicted octanol–water partition coefficient (Wildman–Crippen LogP) is 4.14. The normalized spacial score (nSPS) is 13.2. The average molecular weight is 541 g/mol. The molecule has 2 aromatic carbocycles. The molecule has 0 fully saturated rings. The SMILES string of the molecule is CNC(=O)CN1CCc2c(ncnc2Oc2ccc3c(ccn3C)c2)C1.O=CNc1cccc(C(F)(F)F)c1. The van der Waals surface area contributed by atoms with Crippen molar-refractivity contribution in [3.8, 4) is 11.6 Å². The van der Waals surface area contributed by atoms with Gasteiger partial charge in [0.1, 0.15) is 12.1 Å². The van der Waals surface area contributed by atoms with Gasteiger partial charge in [-0.25, -0.2) is 9.97 Å². The average Bonchev–Trinajstić information content (AvgIpc) is 3.28. The molecule has 204 valence electrons. The van der Waals surface area contributed by atoms with Gasteiger partial charge in [0.2, 0.25) is 18.2 Å². The van der Waals surface area contributed by atoms with Crippen LogP contribution in [0.15, 0.2) is 61.1 Å². The number of alkyl halides is 3. The van der Waals surface area contributed by atoms with Crippen LogP contribution in [0.1, 0.15) is 16.8 Å². The van der Waals surface area contributed by atoms with Crippen molar-refractivity contribution in [2.75, 3.05) is 25.5 Å². The van der Waals surface area contributed by atoms with Crippen molar-refractivity contribution < 1.29 is 27.5 Å². The second-order valence-corrected chi connectivity index (χ2v) is 8.83. The smallest absolute Gasteiger partial charge is 0.416 e. The third-order valence-corrected chi connectivity index (χ3v) is 6.18. The van der Waals surface area contributed by atoms with E-state index in [9.17, 15) is 22.8 Å². The number of nitrogens with one attached hydrogen (secondary N) is 2. The van der Waals surface area contributed by atoms with Crippen LogP contribution in [0.25, 0.3) is 10.9 Å². The van der Waals surface area contributed by atoms with Gasteiger partial charge < -0.3 is 19.9 Å². The Labute approximate surface area is 222 Å². The van der Waals surface area contributed by atoms with E-state index in [1.165, 1.54) is 18.5 Å². The Morgan fingerprint density at radius 3 is 2.72 bits per heavy atom. The molecule has 2 aromatic heterocycles. The fraction of sp³-hybridized carbons (Fsp3) is 0.259. The van der Waals surface area contributed by atoms with Gasteiger partial charge in [-0.3, -0.25) is 14.5 Å². The Bertz CT molecular complexity index is 1470. The quantitative estimate of drug-likeness (QED) is 0.357. The van der Waals surface area contributed by atoms with Crippen molar-refractivity contribution in [1.82, 2.24) is 24.8 Å². The van der Waals surface area contributed by atoms with Crippen LogP contribution in [0.3, 0.4) is 0 Å². The molecule has 0 aliphatic carbocycles. The Morgan fingerprint density at radius 1 is 1.15 bits per heavy atom. The standard InChI is InChI=1S/C19H21N5O2.C8H6F3NO/c1-20-18(25)11-24-8-6-15-16(10-24)21-12-22-19(15)26-14-3-4-17-13(9-14)5-7-23(17)2;9-8(10,11)6-2-1-3-7(4-6)12-5-13/h3-5,7,9,12H,6,8,10-11H2,1-2H3,(H,20,25);1-5H,(H,12,13). The molecule has 4 aromatic rings. The van der Waals surface area contributed by atoms with Gasteiger partial charge in [0, 0.05) is 55.5 Å². The van der Waals surface area contributed by atoms with Crippen LogP contribution < -0.4 is 15.4 Å². The van der Waals surface area contributed by atoms with Crippen molar-refractivity contribution in [3.63, 3.8) is 0 Å². The molecule has 0 radical (unpaired) electrons. The van der Waals surface area contributed by atoms with E-state index in [1.54, 1.807) is 7.05 Å². The lowest BCUT2D eigenvalue weighted by atomic mass is 10.1. The van der Waals surface area contributed by atoms with Gasteiger partial charge in [0.25, 0.3) is 0 Å². The molecule has 0 saturated heterocycles. The van der Waals surface area contributed by atoms with Crippen LogP contribution in [0.4, 0.5) is 18.9 Å². The molecule has 3 heterocycles. The summed E-state index contributed by atoms with van der Waals surface area (Å²) in [6, 6.07) is 12.5. The number of ether oxygens (including phenoxy) is 1. The first kappa shape index (κ1) is 27.6. The molecule has 0 atom stereocenters. The first-order valence-corrected chi connectivity index (χ1v) is 12.0. The lowest BCUT2D eigenvalue weighted by molar-refractivity contribution is -0.137. The number of benzene rings is 2. The van der Waals surface area contributed by atoms with Crippen LogP contribution >= 0.6 is 0 Å². The largest absolute Gasteiger partial charge is 0.439 e. The first-order chi connectivity index (χ1) is 18.7. The van der Waals surface area contributed by atoms with E-state index in [4.69, 9.17) is 4.74 Å². The number of rotatable bonds is 6. The summed E-state index contributed by atoms with van der Waals surface area (Å²) in [7, 11) is 3.67. The van der Waals surface area contributed by atoms with Crippen molar-refractivity contribution in [2.45, 2.75) is 19.1 Å². The molecule has 1 aliphatic heterocycles. The van der Waals surface area contributed by atoms with E-state index >= 15 is 0 Å². The summed E-state index contributed by atoms with van der Waals surface area (Å²) in [5.74, 6) is 1.37. The maximum Gasteiger partial charge on any atom is 0.416 e. The number of hydrogen-bond donors (Lipinski definition) is 2. The van der Waals surface area contributed by atoms with Gasteiger partial charge in [0.05, 0.1) is 17.8 Å².